The van der Waals surface area contributed by atoms with Gasteiger partial charge in [0.05, 0.1) is 5.41 Å². The number of hydrogen-bond acceptors (Lipinski definition) is 1. The molecule has 0 amide bonds. The number of hydrogen-bond donors (Lipinski definition) is 0. The molecule has 0 N–H and O–H groups in total. The van der Waals surface area contributed by atoms with E-state index in [1.807, 2.05) is 6.07 Å². The molecular weight excluding hydrogens is 416 g/mol. The van der Waals surface area contributed by atoms with E-state index in [4.69, 9.17) is 4.42 Å². The molecule has 1 nitrogen and oxygen atoms in total. The van der Waals surface area contributed by atoms with Crippen LogP contribution in [0.1, 0.15) is 22.3 Å². The van der Waals surface area contributed by atoms with Crippen molar-refractivity contribution >= 4 is 41.8 Å². The van der Waals surface area contributed by atoms with Gasteiger partial charge in [0.25, 0.3) is 0 Å². The fourth-order valence-electron chi connectivity index (χ4n) is 6.21. The Bertz CT molecular complexity index is 1710. The number of fused-ring (bicyclic) bond motifs is 12. The van der Waals surface area contributed by atoms with Gasteiger partial charge in [-0.15, -0.1) is 0 Å². The molecule has 0 bridgehead atoms. The molecule has 1 aliphatic carbocycles. The van der Waals surface area contributed by atoms with Crippen molar-refractivity contribution in [3.8, 4) is 11.1 Å². The van der Waals surface area contributed by atoms with Crippen molar-refractivity contribution in [3.05, 3.63) is 131 Å². The summed E-state index contributed by atoms with van der Waals surface area (Å²) >= 11 is 0. The smallest absolute Gasteiger partial charge is 0.135 e. The first-order valence-electron chi connectivity index (χ1n) is 11.4. The Morgan fingerprint density at radius 1 is 0.485 bits per heavy atom. The molecule has 0 fully saturated rings. The second kappa shape index (κ2) is 6.12. The van der Waals surface area contributed by atoms with Crippen molar-refractivity contribution in [1.29, 1.82) is 0 Å². The SMILES string of the molecule is c1ccc2c(c1)[Si]c1cc3c(cc1C21c2ccccc2-c2ccccc21)oc1ccccc13. The number of rotatable bonds is 0. The standard InChI is InChI=1S/C31H18OSi/c1-4-12-23-19(9-1)20-10-2-5-13-24(20)31(23)25-14-6-8-16-29(25)33-30-17-22-21-11-3-7-15-27(21)32-28(22)18-26(30)31/h1-18H. The molecule has 33 heavy (non-hydrogen) atoms. The van der Waals surface area contributed by atoms with Gasteiger partial charge in [-0.25, -0.2) is 0 Å². The van der Waals surface area contributed by atoms with Gasteiger partial charge in [0.15, 0.2) is 0 Å². The van der Waals surface area contributed by atoms with Gasteiger partial charge >= 0.3 is 0 Å². The Morgan fingerprint density at radius 2 is 1.12 bits per heavy atom. The van der Waals surface area contributed by atoms with E-state index >= 15 is 0 Å². The predicted octanol–water partition coefficient (Wildman–Crippen LogP) is 5.92. The van der Waals surface area contributed by atoms with Gasteiger partial charge in [-0.2, -0.15) is 0 Å². The van der Waals surface area contributed by atoms with Crippen molar-refractivity contribution in [2.45, 2.75) is 5.41 Å². The maximum Gasteiger partial charge on any atom is 0.135 e. The van der Waals surface area contributed by atoms with Crippen molar-refractivity contribution in [3.63, 3.8) is 0 Å². The van der Waals surface area contributed by atoms with Crippen LogP contribution in [0.25, 0.3) is 33.1 Å². The minimum Gasteiger partial charge on any atom is -0.456 e. The lowest BCUT2D eigenvalue weighted by molar-refractivity contribution is 0.666. The lowest BCUT2D eigenvalue weighted by atomic mass is 9.67. The first-order chi connectivity index (χ1) is 16.4. The Kier molecular flexibility index (Phi) is 3.27. The third-order valence-corrected chi connectivity index (χ3v) is 8.86. The summed E-state index contributed by atoms with van der Waals surface area (Å²) in [4.78, 5) is 0. The molecule has 152 valence electrons. The lowest BCUT2D eigenvalue weighted by Gasteiger charge is -2.40. The summed E-state index contributed by atoms with van der Waals surface area (Å²) in [6.07, 6.45) is 0. The molecule has 6 aromatic rings. The molecule has 5 aromatic carbocycles. The van der Waals surface area contributed by atoms with Crippen LogP contribution in [0.3, 0.4) is 0 Å². The second-order valence-corrected chi connectivity index (χ2v) is 10.3. The summed E-state index contributed by atoms with van der Waals surface area (Å²) in [6, 6.07) is 40.1. The third-order valence-electron chi connectivity index (χ3n) is 7.47. The van der Waals surface area contributed by atoms with Gasteiger partial charge in [0.2, 0.25) is 0 Å². The zero-order chi connectivity index (χ0) is 21.6. The molecule has 0 saturated carbocycles. The van der Waals surface area contributed by atoms with Crippen LogP contribution >= 0.6 is 0 Å². The van der Waals surface area contributed by atoms with Crippen LogP contribution in [-0.2, 0) is 5.41 Å². The average molecular weight is 435 g/mol. The van der Waals surface area contributed by atoms with E-state index in [-0.39, 0.29) is 5.41 Å². The lowest BCUT2D eigenvalue weighted by Crippen LogP contribution is -2.48. The zero-order valence-corrected chi connectivity index (χ0v) is 18.8. The molecule has 2 radical (unpaired) electrons. The van der Waals surface area contributed by atoms with Gasteiger partial charge in [0, 0.05) is 10.8 Å². The van der Waals surface area contributed by atoms with E-state index in [1.54, 1.807) is 0 Å². The minimum absolute atomic E-state index is 0.322. The van der Waals surface area contributed by atoms with E-state index in [1.165, 1.54) is 54.5 Å². The molecule has 0 saturated heterocycles. The van der Waals surface area contributed by atoms with E-state index in [0.717, 1.165) is 11.2 Å². The van der Waals surface area contributed by atoms with Crippen LogP contribution in [-0.4, -0.2) is 9.52 Å². The molecule has 1 spiro atoms. The van der Waals surface area contributed by atoms with Gasteiger partial charge in [-0.1, -0.05) is 107 Å². The molecule has 0 unspecified atom stereocenters. The van der Waals surface area contributed by atoms with Gasteiger partial charge in [-0.05, 0) is 45.5 Å². The predicted molar refractivity (Wildman–Crippen MR) is 136 cm³/mol. The van der Waals surface area contributed by atoms with Crippen LogP contribution in [0.4, 0.5) is 0 Å². The maximum absolute atomic E-state index is 6.39. The molecule has 2 heterocycles. The maximum atomic E-state index is 6.39. The van der Waals surface area contributed by atoms with E-state index in [9.17, 15) is 0 Å². The Balaban J connectivity index is 1.59. The molecule has 1 aromatic heterocycles. The summed E-state index contributed by atoms with van der Waals surface area (Å²) in [6.45, 7) is 0. The zero-order valence-electron chi connectivity index (χ0n) is 17.8. The summed E-state index contributed by atoms with van der Waals surface area (Å²) in [5.74, 6) is 0. The minimum atomic E-state index is -0.322. The van der Waals surface area contributed by atoms with Crippen LogP contribution in [0.15, 0.2) is 114 Å². The Hall–Kier alpha value is -3.88. The normalized spacial score (nSPS) is 14.8. The quantitative estimate of drug-likeness (QED) is 0.270. The molecule has 0 atom stereocenters. The topological polar surface area (TPSA) is 13.1 Å². The first-order valence-corrected chi connectivity index (χ1v) is 12.4. The summed E-state index contributed by atoms with van der Waals surface area (Å²) in [5.41, 5.74) is 9.80. The Labute approximate surface area is 194 Å². The first kappa shape index (κ1) is 17.6. The van der Waals surface area contributed by atoms with Crippen molar-refractivity contribution in [1.82, 2.24) is 0 Å². The van der Waals surface area contributed by atoms with E-state index in [0.29, 0.717) is 9.52 Å². The Morgan fingerprint density at radius 3 is 1.91 bits per heavy atom. The highest BCUT2D eigenvalue weighted by Crippen LogP contribution is 2.56. The summed E-state index contributed by atoms with van der Waals surface area (Å²) in [7, 11) is 0.624. The molecule has 2 aliphatic rings. The second-order valence-electron chi connectivity index (χ2n) is 9.00. The van der Waals surface area contributed by atoms with Crippen molar-refractivity contribution in [2.24, 2.45) is 0 Å². The fraction of sp³-hybridized carbons (Fsp3) is 0.0323. The van der Waals surface area contributed by atoms with Crippen LogP contribution in [0.2, 0.25) is 0 Å². The van der Waals surface area contributed by atoms with Gasteiger partial charge in [0.1, 0.15) is 20.7 Å². The van der Waals surface area contributed by atoms with Crippen molar-refractivity contribution < 1.29 is 4.42 Å². The largest absolute Gasteiger partial charge is 0.456 e. The highest BCUT2D eigenvalue weighted by molar-refractivity contribution is 6.69. The third kappa shape index (κ3) is 2.08. The summed E-state index contributed by atoms with van der Waals surface area (Å²) < 4.78 is 6.39. The van der Waals surface area contributed by atoms with Crippen molar-refractivity contribution in [2.75, 3.05) is 0 Å². The molecule has 8 rings (SSSR count). The van der Waals surface area contributed by atoms with E-state index in [2.05, 4.69) is 103 Å². The monoisotopic (exact) mass is 434 g/mol. The molecule has 1 aliphatic heterocycles. The van der Waals surface area contributed by atoms with Gasteiger partial charge in [-0.3, -0.25) is 0 Å². The van der Waals surface area contributed by atoms with Crippen LogP contribution in [0.5, 0.6) is 0 Å². The number of para-hydroxylation sites is 1. The highest BCUT2D eigenvalue weighted by Gasteiger charge is 2.49. The average Bonchev–Trinajstić information content (AvgIpc) is 3.37. The number of furan rings is 1. The van der Waals surface area contributed by atoms with Gasteiger partial charge < -0.3 is 4.42 Å². The highest BCUT2D eigenvalue weighted by atomic mass is 28.2. The van der Waals surface area contributed by atoms with E-state index < -0.39 is 0 Å². The molecule has 2 heteroatoms. The number of benzene rings is 5. The molecular formula is C31H18OSi. The van der Waals surface area contributed by atoms with Crippen LogP contribution < -0.4 is 10.4 Å². The fourth-order valence-corrected chi connectivity index (χ4v) is 7.70. The van der Waals surface area contributed by atoms with Crippen LogP contribution in [0, 0.1) is 0 Å². The summed E-state index contributed by atoms with van der Waals surface area (Å²) in [5, 5.41) is 5.26.